The summed E-state index contributed by atoms with van der Waals surface area (Å²) in [6.07, 6.45) is 6.46. The summed E-state index contributed by atoms with van der Waals surface area (Å²) >= 11 is 0. The number of carbonyl (C=O) groups is 2. The zero-order valence-corrected chi connectivity index (χ0v) is 13.0. The highest BCUT2D eigenvalue weighted by Crippen LogP contribution is 2.25. The summed E-state index contributed by atoms with van der Waals surface area (Å²) in [7, 11) is 1.90. The molecule has 0 bridgehead atoms. The first kappa shape index (κ1) is 19.0. The third-order valence-corrected chi connectivity index (χ3v) is 3.21. The highest BCUT2D eigenvalue weighted by atomic mass is 16.6. The van der Waals surface area contributed by atoms with E-state index in [-0.39, 0.29) is 11.9 Å². The largest absolute Gasteiger partial charge is 0.478 e. The van der Waals surface area contributed by atoms with Gasteiger partial charge in [0.05, 0.1) is 23.0 Å². The van der Waals surface area contributed by atoms with E-state index in [4.69, 9.17) is 10.2 Å². The Kier molecular flexibility index (Phi) is 7.30. The van der Waals surface area contributed by atoms with E-state index in [9.17, 15) is 19.7 Å². The van der Waals surface area contributed by atoms with Gasteiger partial charge in [0.15, 0.2) is 0 Å². The van der Waals surface area contributed by atoms with Crippen LogP contribution < -0.4 is 10.2 Å². The van der Waals surface area contributed by atoms with Crippen molar-refractivity contribution in [2.75, 3.05) is 18.5 Å². The topological polar surface area (TPSA) is 146 Å². The maximum absolute atomic E-state index is 10.7. The molecule has 1 saturated heterocycles. The lowest BCUT2D eigenvalue weighted by Gasteiger charge is -2.25. The number of carboxylic acids is 2. The van der Waals surface area contributed by atoms with Gasteiger partial charge >= 0.3 is 11.9 Å². The molecule has 10 nitrogen and oxygen atoms in total. The van der Waals surface area contributed by atoms with Gasteiger partial charge in [-0.2, -0.15) is 0 Å². The van der Waals surface area contributed by atoms with Gasteiger partial charge in [-0.1, -0.05) is 0 Å². The summed E-state index contributed by atoms with van der Waals surface area (Å²) in [4.78, 5) is 35.4. The molecule has 10 heteroatoms. The van der Waals surface area contributed by atoms with Gasteiger partial charge < -0.3 is 20.4 Å². The van der Waals surface area contributed by atoms with Crippen molar-refractivity contribution < 1.29 is 24.7 Å². The first-order valence-corrected chi connectivity index (χ1v) is 7.02. The minimum absolute atomic E-state index is 0.0410. The summed E-state index contributed by atoms with van der Waals surface area (Å²) in [6, 6.07) is 1.57. The van der Waals surface area contributed by atoms with Crippen LogP contribution in [0.4, 0.5) is 11.4 Å². The standard InChI is InChI=1S/C10H14N4O2.C4H4O4/c1-11-10-3-2-4-13(10)8-5-9(14(15)16)7-12-6-8;5-3(6)1-2-4(7)8/h5-7,10-11H,2-4H2,1H3;1-2H,(H,5,6)(H,7,8)/b;2-1+. The number of aromatic nitrogens is 1. The van der Waals surface area contributed by atoms with E-state index in [1.54, 1.807) is 12.3 Å². The van der Waals surface area contributed by atoms with Crippen LogP contribution in [0.1, 0.15) is 12.8 Å². The molecule has 1 atom stereocenters. The Morgan fingerprint density at radius 3 is 2.50 bits per heavy atom. The second kappa shape index (κ2) is 9.20. The number of nitro groups is 1. The molecule has 0 aromatic carbocycles. The molecule has 24 heavy (non-hydrogen) atoms. The minimum atomic E-state index is -1.26. The Hall–Kier alpha value is -3.01. The Morgan fingerprint density at radius 1 is 1.38 bits per heavy atom. The fourth-order valence-corrected chi connectivity index (χ4v) is 2.19. The molecule has 0 aliphatic carbocycles. The van der Waals surface area contributed by atoms with Crippen molar-refractivity contribution >= 4 is 23.3 Å². The van der Waals surface area contributed by atoms with Gasteiger partial charge in [-0.15, -0.1) is 0 Å². The van der Waals surface area contributed by atoms with Crippen LogP contribution in [0.2, 0.25) is 0 Å². The van der Waals surface area contributed by atoms with Crippen molar-refractivity contribution in [1.29, 1.82) is 0 Å². The second-order valence-electron chi connectivity index (χ2n) is 4.81. The molecule has 2 heterocycles. The van der Waals surface area contributed by atoms with Crippen LogP contribution in [-0.2, 0) is 9.59 Å². The van der Waals surface area contributed by atoms with Crippen molar-refractivity contribution in [3.63, 3.8) is 0 Å². The SMILES string of the molecule is CNC1CCCN1c1cncc([N+](=O)[O-])c1.O=C(O)/C=C/C(=O)O. The molecular weight excluding hydrogens is 320 g/mol. The molecule has 130 valence electrons. The second-order valence-corrected chi connectivity index (χ2v) is 4.81. The number of nitrogens with one attached hydrogen (secondary N) is 1. The summed E-state index contributed by atoms with van der Waals surface area (Å²) in [6.45, 7) is 0.911. The molecule has 1 fully saturated rings. The van der Waals surface area contributed by atoms with E-state index in [1.807, 2.05) is 7.05 Å². The molecule has 2 rings (SSSR count). The molecule has 3 N–H and O–H groups in total. The fraction of sp³-hybridized carbons (Fsp3) is 0.357. The van der Waals surface area contributed by atoms with Crippen molar-refractivity contribution in [3.05, 3.63) is 40.7 Å². The number of carboxylic acid groups (broad SMARTS) is 2. The predicted octanol–water partition coefficient (Wildman–Crippen LogP) is 0.847. The van der Waals surface area contributed by atoms with Gasteiger partial charge in [0.2, 0.25) is 0 Å². The highest BCUT2D eigenvalue weighted by Gasteiger charge is 2.24. The van der Waals surface area contributed by atoms with Crippen molar-refractivity contribution in [3.8, 4) is 0 Å². The first-order chi connectivity index (χ1) is 11.3. The lowest BCUT2D eigenvalue weighted by Crippen LogP contribution is -2.39. The lowest BCUT2D eigenvalue weighted by molar-refractivity contribution is -0.385. The van der Waals surface area contributed by atoms with Crippen molar-refractivity contribution in [2.45, 2.75) is 19.0 Å². The summed E-state index contributed by atoms with van der Waals surface area (Å²) < 4.78 is 0. The molecule has 1 aliphatic heterocycles. The maximum Gasteiger partial charge on any atom is 0.328 e. The Morgan fingerprint density at radius 2 is 2.00 bits per heavy atom. The smallest absolute Gasteiger partial charge is 0.328 e. The molecule has 1 aromatic rings. The van der Waals surface area contributed by atoms with Crippen LogP contribution in [0.5, 0.6) is 0 Å². The first-order valence-electron chi connectivity index (χ1n) is 7.02. The summed E-state index contributed by atoms with van der Waals surface area (Å²) in [5, 5.41) is 29.5. The summed E-state index contributed by atoms with van der Waals surface area (Å²) in [5.41, 5.74) is 0.852. The van der Waals surface area contributed by atoms with Crippen molar-refractivity contribution in [1.82, 2.24) is 10.3 Å². The van der Waals surface area contributed by atoms with Gasteiger partial charge in [0.1, 0.15) is 6.20 Å². The molecule has 0 radical (unpaired) electrons. The number of hydrogen-bond acceptors (Lipinski definition) is 7. The Bertz CT molecular complexity index is 617. The molecule has 1 aromatic heterocycles. The van der Waals surface area contributed by atoms with Crippen LogP contribution in [0.3, 0.4) is 0 Å². The number of anilines is 1. The molecule has 0 saturated carbocycles. The zero-order chi connectivity index (χ0) is 18.1. The molecular formula is C14H18N4O6. The molecule has 1 aliphatic rings. The predicted molar refractivity (Wildman–Crippen MR) is 84.7 cm³/mol. The quantitative estimate of drug-likeness (QED) is 0.404. The third-order valence-electron chi connectivity index (χ3n) is 3.21. The maximum atomic E-state index is 10.7. The van der Waals surface area contributed by atoms with Crippen LogP contribution in [0, 0.1) is 10.1 Å². The Labute approximate surface area is 137 Å². The van der Waals surface area contributed by atoms with Crippen LogP contribution >= 0.6 is 0 Å². The number of nitrogens with zero attached hydrogens (tertiary/aromatic N) is 3. The van der Waals surface area contributed by atoms with Crippen molar-refractivity contribution in [2.24, 2.45) is 0 Å². The van der Waals surface area contributed by atoms with Crippen LogP contribution in [0.15, 0.2) is 30.6 Å². The normalized spacial score (nSPS) is 16.5. The zero-order valence-electron chi connectivity index (χ0n) is 13.0. The van der Waals surface area contributed by atoms with Crippen LogP contribution in [0.25, 0.3) is 0 Å². The number of aliphatic carboxylic acids is 2. The lowest BCUT2D eigenvalue weighted by atomic mass is 10.3. The van der Waals surface area contributed by atoms with E-state index in [0.29, 0.717) is 12.2 Å². The Balaban J connectivity index is 0.000000307. The van der Waals surface area contributed by atoms with Gasteiger partial charge in [-0.3, -0.25) is 15.1 Å². The van der Waals surface area contributed by atoms with Gasteiger partial charge in [-0.05, 0) is 19.9 Å². The molecule has 0 spiro atoms. The van der Waals surface area contributed by atoms with E-state index >= 15 is 0 Å². The average Bonchev–Trinajstić information content (AvgIpc) is 3.02. The third kappa shape index (κ3) is 6.01. The monoisotopic (exact) mass is 338 g/mol. The number of pyridine rings is 1. The van der Waals surface area contributed by atoms with E-state index in [0.717, 1.165) is 25.1 Å². The van der Waals surface area contributed by atoms with Crippen LogP contribution in [-0.4, -0.2) is 51.8 Å². The van der Waals surface area contributed by atoms with Gasteiger partial charge in [-0.25, -0.2) is 9.59 Å². The van der Waals surface area contributed by atoms with Gasteiger partial charge in [0, 0.05) is 24.8 Å². The van der Waals surface area contributed by atoms with Gasteiger partial charge in [0.25, 0.3) is 5.69 Å². The molecule has 1 unspecified atom stereocenters. The number of hydrogen-bond donors (Lipinski definition) is 3. The van der Waals surface area contributed by atoms with E-state index < -0.39 is 16.9 Å². The van der Waals surface area contributed by atoms with E-state index in [1.165, 1.54) is 6.20 Å². The number of rotatable bonds is 5. The minimum Gasteiger partial charge on any atom is -0.478 e. The summed E-state index contributed by atoms with van der Waals surface area (Å²) in [5.74, 6) is -2.51. The average molecular weight is 338 g/mol. The molecule has 0 amide bonds. The highest BCUT2D eigenvalue weighted by molar-refractivity contribution is 5.89. The fourth-order valence-electron chi connectivity index (χ4n) is 2.19. The van der Waals surface area contributed by atoms with E-state index in [2.05, 4.69) is 15.2 Å².